The van der Waals surface area contributed by atoms with Gasteiger partial charge >= 0.3 is 5.97 Å². The molecule has 3 aromatic rings. The summed E-state index contributed by atoms with van der Waals surface area (Å²) >= 11 is 0. The zero-order valence-corrected chi connectivity index (χ0v) is 19.3. The number of nitrogens with two attached hydrogens (primary N) is 1. The highest BCUT2D eigenvalue weighted by atomic mass is 16.4. The highest BCUT2D eigenvalue weighted by Crippen LogP contribution is 2.30. The van der Waals surface area contributed by atoms with E-state index in [9.17, 15) is 24.6 Å². The molecule has 0 radical (unpaired) electrons. The maximum atomic E-state index is 13.1. The van der Waals surface area contributed by atoms with E-state index in [1.54, 1.807) is 18.2 Å². The number of hydrogen-bond acceptors (Lipinski definition) is 5. The molecule has 0 aliphatic carbocycles. The molecule has 0 saturated heterocycles. The lowest BCUT2D eigenvalue weighted by Gasteiger charge is -2.15. The van der Waals surface area contributed by atoms with Crippen molar-refractivity contribution in [1.82, 2.24) is 5.32 Å². The first-order chi connectivity index (χ1) is 16.6. The van der Waals surface area contributed by atoms with Crippen LogP contribution in [0.1, 0.15) is 50.5 Å². The Hall–Kier alpha value is -4.66. The summed E-state index contributed by atoms with van der Waals surface area (Å²) in [5, 5.41) is 32.8. The summed E-state index contributed by atoms with van der Waals surface area (Å²) < 4.78 is 0. The second kappa shape index (κ2) is 10.5. The Bertz CT molecular complexity index is 1320. The van der Waals surface area contributed by atoms with E-state index in [4.69, 9.17) is 11.1 Å². The number of anilines is 1. The predicted molar refractivity (Wildman–Crippen MR) is 133 cm³/mol. The molecule has 0 aliphatic rings. The molecule has 2 amide bonds. The van der Waals surface area contributed by atoms with Gasteiger partial charge in [-0.25, -0.2) is 4.79 Å². The molecule has 0 spiro atoms. The quantitative estimate of drug-likeness (QED) is 0.165. The zero-order chi connectivity index (χ0) is 25.7. The van der Waals surface area contributed by atoms with Crippen LogP contribution in [0.4, 0.5) is 5.69 Å². The minimum atomic E-state index is -1.24. The summed E-state index contributed by atoms with van der Waals surface area (Å²) in [4.78, 5) is 37.6. The number of carbonyl (C=O) groups excluding carboxylic acids is 2. The summed E-state index contributed by atoms with van der Waals surface area (Å²) in [5.74, 6) is -2.48. The van der Waals surface area contributed by atoms with Crippen LogP contribution >= 0.6 is 0 Å². The Morgan fingerprint density at radius 2 is 1.57 bits per heavy atom. The maximum Gasteiger partial charge on any atom is 0.336 e. The van der Waals surface area contributed by atoms with Gasteiger partial charge < -0.3 is 26.6 Å². The fraction of sp³-hybridized carbons (Fsp3) is 0.154. The molecule has 0 aliphatic heterocycles. The van der Waals surface area contributed by atoms with Gasteiger partial charge in [0.2, 0.25) is 0 Å². The monoisotopic (exact) mass is 474 g/mol. The highest BCUT2D eigenvalue weighted by Gasteiger charge is 2.20. The van der Waals surface area contributed by atoms with Crippen LogP contribution in [-0.4, -0.2) is 40.4 Å². The lowest BCUT2D eigenvalue weighted by molar-refractivity contribution is 0.0697. The SMILES string of the molecule is CC(C)CNC(=O)c1ccc(-c2ccccc2C(=O)Nc2ccc(C(=N)N)cc2O)c(C(=O)O)c1. The summed E-state index contributed by atoms with van der Waals surface area (Å²) in [6.07, 6.45) is 0. The Kier molecular flexibility index (Phi) is 7.50. The van der Waals surface area contributed by atoms with Gasteiger partial charge in [0.1, 0.15) is 11.6 Å². The molecule has 0 bridgehead atoms. The Balaban J connectivity index is 1.97. The number of nitrogens with one attached hydrogen (secondary N) is 3. The maximum absolute atomic E-state index is 13.1. The Morgan fingerprint density at radius 1 is 0.914 bits per heavy atom. The van der Waals surface area contributed by atoms with E-state index in [0.29, 0.717) is 17.7 Å². The molecule has 9 nitrogen and oxygen atoms in total. The Labute approximate surface area is 202 Å². The van der Waals surface area contributed by atoms with Crippen LogP contribution in [0.3, 0.4) is 0 Å². The number of aromatic hydroxyl groups is 1. The minimum Gasteiger partial charge on any atom is -0.506 e. The molecule has 35 heavy (non-hydrogen) atoms. The van der Waals surface area contributed by atoms with Crippen molar-refractivity contribution >= 4 is 29.3 Å². The molecule has 0 saturated carbocycles. The topological polar surface area (TPSA) is 166 Å². The van der Waals surface area contributed by atoms with Crippen molar-refractivity contribution in [2.24, 2.45) is 11.7 Å². The molecule has 0 aromatic heterocycles. The Morgan fingerprint density at radius 3 is 2.20 bits per heavy atom. The third kappa shape index (κ3) is 5.83. The zero-order valence-electron chi connectivity index (χ0n) is 19.3. The van der Waals surface area contributed by atoms with Crippen molar-refractivity contribution in [3.05, 3.63) is 82.9 Å². The van der Waals surface area contributed by atoms with Gasteiger partial charge in [-0.15, -0.1) is 0 Å². The van der Waals surface area contributed by atoms with Crippen LogP contribution in [0.2, 0.25) is 0 Å². The summed E-state index contributed by atoms with van der Waals surface area (Å²) in [6, 6.07) is 14.9. The first-order valence-corrected chi connectivity index (χ1v) is 10.8. The van der Waals surface area contributed by atoms with E-state index in [1.807, 2.05) is 13.8 Å². The average molecular weight is 475 g/mol. The second-order valence-electron chi connectivity index (χ2n) is 8.31. The van der Waals surface area contributed by atoms with Gasteiger partial charge in [0, 0.05) is 23.2 Å². The number of hydrogen-bond donors (Lipinski definition) is 6. The molecular formula is C26H26N4O5. The first kappa shape index (κ1) is 25.0. The van der Waals surface area contributed by atoms with Crippen LogP contribution < -0.4 is 16.4 Å². The number of phenolic OH excluding ortho intramolecular Hbond substituents is 1. The van der Waals surface area contributed by atoms with Crippen molar-refractivity contribution in [3.63, 3.8) is 0 Å². The first-order valence-electron chi connectivity index (χ1n) is 10.8. The largest absolute Gasteiger partial charge is 0.506 e. The molecule has 9 heteroatoms. The number of rotatable bonds is 8. The molecule has 0 atom stereocenters. The van der Waals surface area contributed by atoms with E-state index in [-0.39, 0.29) is 51.4 Å². The number of aromatic carboxylic acids is 1. The van der Waals surface area contributed by atoms with Gasteiger partial charge in [-0.1, -0.05) is 38.1 Å². The number of amides is 2. The third-order valence-electron chi connectivity index (χ3n) is 5.20. The highest BCUT2D eigenvalue weighted by molar-refractivity contribution is 6.11. The molecule has 3 rings (SSSR count). The van der Waals surface area contributed by atoms with Crippen LogP contribution in [0.15, 0.2) is 60.7 Å². The predicted octanol–water partition coefficient (Wildman–Crippen LogP) is 3.68. The van der Waals surface area contributed by atoms with Gasteiger partial charge in [0.05, 0.1) is 11.3 Å². The van der Waals surface area contributed by atoms with Crippen LogP contribution in [0, 0.1) is 11.3 Å². The number of phenols is 1. The summed E-state index contributed by atoms with van der Waals surface area (Å²) in [5.41, 5.74) is 6.66. The van der Waals surface area contributed by atoms with E-state index in [2.05, 4.69) is 10.6 Å². The fourth-order valence-corrected chi connectivity index (χ4v) is 3.41. The van der Waals surface area contributed by atoms with Crippen molar-refractivity contribution in [2.45, 2.75) is 13.8 Å². The summed E-state index contributed by atoms with van der Waals surface area (Å²) in [6.45, 7) is 4.35. The molecule has 7 N–H and O–H groups in total. The van der Waals surface area contributed by atoms with Gasteiger partial charge in [-0.05, 0) is 53.4 Å². The van der Waals surface area contributed by atoms with Crippen LogP contribution in [0.25, 0.3) is 11.1 Å². The third-order valence-corrected chi connectivity index (χ3v) is 5.20. The van der Waals surface area contributed by atoms with Gasteiger partial charge in [0.25, 0.3) is 11.8 Å². The van der Waals surface area contributed by atoms with E-state index >= 15 is 0 Å². The molecule has 0 fully saturated rings. The lowest BCUT2D eigenvalue weighted by Crippen LogP contribution is -2.27. The van der Waals surface area contributed by atoms with Gasteiger partial charge in [-0.2, -0.15) is 0 Å². The molecule has 0 heterocycles. The minimum absolute atomic E-state index is 0.102. The van der Waals surface area contributed by atoms with Crippen LogP contribution in [-0.2, 0) is 0 Å². The van der Waals surface area contributed by atoms with Crippen LogP contribution in [0.5, 0.6) is 5.75 Å². The average Bonchev–Trinajstić information content (AvgIpc) is 2.83. The smallest absolute Gasteiger partial charge is 0.336 e. The number of amidine groups is 1. The molecule has 3 aromatic carbocycles. The van der Waals surface area contributed by atoms with Crippen molar-refractivity contribution in [1.29, 1.82) is 5.41 Å². The molecular weight excluding hydrogens is 448 g/mol. The van der Waals surface area contributed by atoms with E-state index in [0.717, 1.165) is 0 Å². The summed E-state index contributed by atoms with van der Waals surface area (Å²) in [7, 11) is 0. The van der Waals surface area contributed by atoms with E-state index in [1.165, 1.54) is 42.5 Å². The number of carboxylic acids is 1. The molecule has 0 unspecified atom stereocenters. The van der Waals surface area contributed by atoms with E-state index < -0.39 is 11.9 Å². The number of nitrogen functional groups attached to an aromatic ring is 1. The standard InChI is InChI=1S/C26H26N4O5/c1-14(2)13-29-24(32)16-7-9-18(20(11-16)26(34)35)17-5-3-4-6-19(17)25(33)30-21-10-8-15(23(27)28)12-22(21)31/h3-12,14,31H,13H2,1-2H3,(H3,27,28)(H,29,32)(H,30,33)(H,34,35). The number of carboxylic acid groups (broad SMARTS) is 1. The normalized spacial score (nSPS) is 10.6. The molecule has 180 valence electrons. The van der Waals surface area contributed by atoms with Gasteiger partial charge in [0.15, 0.2) is 0 Å². The van der Waals surface area contributed by atoms with Crippen molar-refractivity contribution in [3.8, 4) is 16.9 Å². The van der Waals surface area contributed by atoms with Gasteiger partial charge in [-0.3, -0.25) is 15.0 Å². The number of carbonyl (C=O) groups is 3. The van der Waals surface area contributed by atoms with Crippen molar-refractivity contribution < 1.29 is 24.6 Å². The second-order valence-corrected chi connectivity index (χ2v) is 8.31. The fourth-order valence-electron chi connectivity index (χ4n) is 3.41. The number of benzene rings is 3. The van der Waals surface area contributed by atoms with Crippen molar-refractivity contribution in [2.75, 3.05) is 11.9 Å². The lowest BCUT2D eigenvalue weighted by atomic mass is 9.93.